The summed E-state index contributed by atoms with van der Waals surface area (Å²) >= 11 is 1.01. The maximum atomic E-state index is 11.8. The van der Waals surface area contributed by atoms with Crippen molar-refractivity contribution in [2.45, 2.75) is 17.3 Å². The molecule has 0 spiro atoms. The SMILES string of the molecule is O=S(=O)(NC1CC=CS1)C(F)(F)F. The third kappa shape index (κ3) is 2.61. The van der Waals surface area contributed by atoms with Crippen molar-refractivity contribution in [1.29, 1.82) is 0 Å². The quantitative estimate of drug-likeness (QED) is 0.784. The standard InChI is InChI=1S/C5H6F3NO2S2/c6-5(7,8)13(10,11)9-4-2-1-3-12-4/h1,3-4,9H,2H2. The van der Waals surface area contributed by atoms with E-state index in [1.165, 1.54) is 0 Å². The summed E-state index contributed by atoms with van der Waals surface area (Å²) in [6.45, 7) is 0. The zero-order chi connectivity index (χ0) is 10.1. The van der Waals surface area contributed by atoms with Crippen LogP contribution in [-0.2, 0) is 10.0 Å². The molecule has 0 fully saturated rings. The number of sulfonamides is 1. The van der Waals surface area contributed by atoms with E-state index in [1.54, 1.807) is 16.2 Å². The Labute approximate surface area is 77.4 Å². The summed E-state index contributed by atoms with van der Waals surface area (Å²) in [4.78, 5) is 0. The van der Waals surface area contributed by atoms with Gasteiger partial charge in [-0.2, -0.15) is 17.9 Å². The lowest BCUT2D eigenvalue weighted by Crippen LogP contribution is -2.40. The van der Waals surface area contributed by atoms with E-state index in [1.807, 2.05) is 0 Å². The van der Waals surface area contributed by atoms with Crippen LogP contribution in [0.4, 0.5) is 13.2 Å². The van der Waals surface area contributed by atoms with Crippen molar-refractivity contribution in [3.63, 3.8) is 0 Å². The molecule has 1 atom stereocenters. The van der Waals surface area contributed by atoms with Crippen molar-refractivity contribution >= 4 is 21.8 Å². The smallest absolute Gasteiger partial charge is 0.203 e. The molecule has 0 saturated carbocycles. The normalized spacial score (nSPS) is 23.8. The van der Waals surface area contributed by atoms with E-state index >= 15 is 0 Å². The van der Waals surface area contributed by atoms with Crippen LogP contribution in [-0.4, -0.2) is 19.3 Å². The van der Waals surface area contributed by atoms with Crippen LogP contribution >= 0.6 is 11.8 Å². The molecule has 8 heteroatoms. The maximum absolute atomic E-state index is 11.8. The molecule has 3 nitrogen and oxygen atoms in total. The first-order chi connectivity index (χ1) is 5.83. The van der Waals surface area contributed by atoms with Gasteiger partial charge in [0, 0.05) is 0 Å². The highest BCUT2D eigenvalue weighted by Gasteiger charge is 2.46. The highest BCUT2D eigenvalue weighted by molar-refractivity contribution is 8.03. The highest BCUT2D eigenvalue weighted by Crippen LogP contribution is 2.27. The van der Waals surface area contributed by atoms with Crippen LogP contribution < -0.4 is 4.72 Å². The van der Waals surface area contributed by atoms with Crippen LogP contribution in [0.2, 0.25) is 0 Å². The first-order valence-corrected chi connectivity index (χ1v) is 5.64. The Balaban J connectivity index is 2.63. The minimum atomic E-state index is -5.23. The van der Waals surface area contributed by atoms with Crippen LogP contribution in [0.1, 0.15) is 6.42 Å². The molecule has 0 amide bonds. The predicted octanol–water partition coefficient (Wildman–Crippen LogP) is 1.40. The molecule has 0 saturated heterocycles. The lowest BCUT2D eigenvalue weighted by molar-refractivity contribution is -0.0448. The zero-order valence-corrected chi connectivity index (χ0v) is 7.84. The summed E-state index contributed by atoms with van der Waals surface area (Å²) in [7, 11) is -5.19. The van der Waals surface area contributed by atoms with Crippen molar-refractivity contribution in [2.24, 2.45) is 0 Å². The van der Waals surface area contributed by atoms with Gasteiger partial charge in [0.05, 0.1) is 5.37 Å². The molecule has 0 aromatic heterocycles. The van der Waals surface area contributed by atoms with Gasteiger partial charge >= 0.3 is 15.5 Å². The number of hydrogen-bond donors (Lipinski definition) is 1. The fraction of sp³-hybridized carbons (Fsp3) is 0.600. The average molecular weight is 233 g/mol. The van der Waals surface area contributed by atoms with Gasteiger partial charge in [-0.25, -0.2) is 8.42 Å². The minimum absolute atomic E-state index is 0.278. The summed E-state index contributed by atoms with van der Waals surface area (Å²) in [6, 6.07) is 0. The molecule has 13 heavy (non-hydrogen) atoms. The van der Waals surface area contributed by atoms with Gasteiger partial charge in [0.25, 0.3) is 0 Å². The van der Waals surface area contributed by atoms with Crippen molar-refractivity contribution in [3.05, 3.63) is 11.5 Å². The van der Waals surface area contributed by atoms with Crippen LogP contribution in [0, 0.1) is 0 Å². The Hall–Kier alpha value is -0.210. The Morgan fingerprint density at radius 3 is 2.46 bits per heavy atom. The van der Waals surface area contributed by atoms with Crippen LogP contribution in [0.15, 0.2) is 11.5 Å². The van der Waals surface area contributed by atoms with Gasteiger partial charge in [-0.15, -0.1) is 11.8 Å². The molecule has 0 aromatic rings. The molecular formula is C5H6F3NO2S2. The zero-order valence-electron chi connectivity index (χ0n) is 6.21. The third-order valence-corrected chi connectivity index (χ3v) is 3.62. The molecule has 76 valence electrons. The molecule has 1 rings (SSSR count). The van der Waals surface area contributed by atoms with Gasteiger partial charge in [-0.05, 0) is 11.8 Å². The summed E-state index contributed by atoms with van der Waals surface area (Å²) in [6.07, 6.45) is 1.88. The van der Waals surface area contributed by atoms with Crippen molar-refractivity contribution < 1.29 is 21.6 Å². The topological polar surface area (TPSA) is 46.2 Å². The minimum Gasteiger partial charge on any atom is -0.203 e. The summed E-state index contributed by atoms with van der Waals surface area (Å²) in [5, 5.41) is 0.829. The fourth-order valence-corrected chi connectivity index (χ4v) is 2.51. The van der Waals surface area contributed by atoms with E-state index in [9.17, 15) is 21.6 Å². The summed E-state index contributed by atoms with van der Waals surface area (Å²) in [5.74, 6) is 0. The van der Waals surface area contributed by atoms with Crippen molar-refractivity contribution in [2.75, 3.05) is 0 Å². The van der Waals surface area contributed by atoms with Gasteiger partial charge in [0.2, 0.25) is 0 Å². The molecule has 1 aliphatic rings. The molecule has 1 N–H and O–H groups in total. The second-order valence-electron chi connectivity index (χ2n) is 2.30. The number of halogens is 3. The first-order valence-electron chi connectivity index (χ1n) is 3.22. The van der Waals surface area contributed by atoms with Gasteiger partial charge in [-0.1, -0.05) is 6.08 Å². The molecular weight excluding hydrogens is 227 g/mol. The lowest BCUT2D eigenvalue weighted by atomic mass is 10.4. The number of nitrogens with one attached hydrogen (secondary N) is 1. The summed E-state index contributed by atoms with van der Waals surface area (Å²) in [5.41, 5.74) is -5.23. The number of rotatable bonds is 2. The van der Waals surface area contributed by atoms with Crippen molar-refractivity contribution in [1.82, 2.24) is 4.72 Å². The maximum Gasteiger partial charge on any atom is 0.511 e. The van der Waals surface area contributed by atoms with Crippen LogP contribution in [0.3, 0.4) is 0 Å². The van der Waals surface area contributed by atoms with Gasteiger partial charge in [-0.3, -0.25) is 0 Å². The second-order valence-corrected chi connectivity index (χ2v) is 5.12. The number of alkyl halides is 3. The van der Waals surface area contributed by atoms with Crippen LogP contribution in [0.25, 0.3) is 0 Å². The van der Waals surface area contributed by atoms with Gasteiger partial charge in [0.1, 0.15) is 0 Å². The predicted molar refractivity (Wildman–Crippen MR) is 43.2 cm³/mol. The first kappa shape index (κ1) is 10.9. The number of thioether (sulfide) groups is 1. The largest absolute Gasteiger partial charge is 0.511 e. The van der Waals surface area contributed by atoms with Crippen LogP contribution in [0.5, 0.6) is 0 Å². The number of hydrogen-bond acceptors (Lipinski definition) is 3. The van der Waals surface area contributed by atoms with E-state index in [0.29, 0.717) is 0 Å². The van der Waals surface area contributed by atoms with E-state index in [2.05, 4.69) is 0 Å². The molecule has 1 unspecified atom stereocenters. The van der Waals surface area contributed by atoms with E-state index in [4.69, 9.17) is 0 Å². The van der Waals surface area contributed by atoms with Gasteiger partial charge in [0.15, 0.2) is 0 Å². The van der Waals surface area contributed by atoms with E-state index in [0.717, 1.165) is 11.8 Å². The van der Waals surface area contributed by atoms with E-state index < -0.39 is 20.9 Å². The second kappa shape index (κ2) is 3.50. The molecule has 1 aliphatic heterocycles. The molecule has 0 bridgehead atoms. The molecule has 0 aromatic carbocycles. The Bertz CT molecular complexity index is 300. The van der Waals surface area contributed by atoms with E-state index in [-0.39, 0.29) is 6.42 Å². The molecule has 1 heterocycles. The molecule has 0 radical (unpaired) electrons. The lowest BCUT2D eigenvalue weighted by Gasteiger charge is -2.13. The Morgan fingerprint density at radius 1 is 1.46 bits per heavy atom. The highest BCUT2D eigenvalue weighted by atomic mass is 32.2. The van der Waals surface area contributed by atoms with Gasteiger partial charge < -0.3 is 0 Å². The third-order valence-electron chi connectivity index (χ3n) is 1.28. The molecule has 0 aliphatic carbocycles. The fourth-order valence-electron chi connectivity index (χ4n) is 0.701. The monoisotopic (exact) mass is 233 g/mol. The Morgan fingerprint density at radius 2 is 2.08 bits per heavy atom. The summed E-state index contributed by atoms with van der Waals surface area (Å²) < 4.78 is 58.0. The van der Waals surface area contributed by atoms with Crippen molar-refractivity contribution in [3.8, 4) is 0 Å². The Kier molecular flexibility index (Phi) is 2.93. The average Bonchev–Trinajstić information content (AvgIpc) is 2.35.